The number of anilines is 1. The molecule has 0 aliphatic carbocycles. The molecule has 0 saturated heterocycles. The monoisotopic (exact) mass is 495 g/mol. The molecule has 36 heavy (non-hydrogen) atoms. The Morgan fingerprint density at radius 3 is 2.06 bits per heavy atom. The third kappa shape index (κ3) is 4.49. The summed E-state index contributed by atoms with van der Waals surface area (Å²) >= 11 is 6.26. The number of ether oxygens (including phenoxy) is 1. The number of amides is 1. The Kier molecular flexibility index (Phi) is 6.56. The van der Waals surface area contributed by atoms with Crippen LogP contribution < -0.4 is 10.1 Å². The summed E-state index contributed by atoms with van der Waals surface area (Å²) in [5, 5.41) is 3.94. The van der Waals surface area contributed by atoms with Gasteiger partial charge in [-0.1, -0.05) is 84.4 Å². The van der Waals surface area contributed by atoms with E-state index in [0.717, 1.165) is 11.1 Å². The van der Waals surface area contributed by atoms with Crippen molar-refractivity contribution < 1.29 is 18.7 Å². The SMILES string of the molecule is COc1ccc(C(=O)c2oc3ccccc3c2NC(=O)C(c2ccccc2)c2ccccc2)cc1Cl. The lowest BCUT2D eigenvalue weighted by atomic mass is 9.90. The first-order valence-corrected chi connectivity index (χ1v) is 11.7. The summed E-state index contributed by atoms with van der Waals surface area (Å²) in [4.78, 5) is 27.3. The number of fused-ring (bicyclic) bond motifs is 1. The molecule has 5 rings (SSSR count). The minimum Gasteiger partial charge on any atom is -0.495 e. The van der Waals surface area contributed by atoms with Gasteiger partial charge in [0.05, 0.1) is 23.7 Å². The standard InChI is InChI=1S/C30H22ClNO4/c1-35-25-17-16-21(18-23(25)31)28(33)29-27(22-14-8-9-15-24(22)36-29)32-30(34)26(19-10-4-2-5-11-19)20-12-6-3-7-13-20/h2-18,26H,1H3,(H,32,34). The van der Waals surface area contributed by atoms with Crippen molar-refractivity contribution in [1.29, 1.82) is 0 Å². The van der Waals surface area contributed by atoms with E-state index < -0.39 is 11.7 Å². The Bertz CT molecular complexity index is 1500. The largest absolute Gasteiger partial charge is 0.495 e. The molecule has 0 saturated carbocycles. The third-order valence-electron chi connectivity index (χ3n) is 5.99. The average Bonchev–Trinajstić information content (AvgIpc) is 3.28. The summed E-state index contributed by atoms with van der Waals surface area (Å²) in [6.07, 6.45) is 0. The van der Waals surface area contributed by atoms with Gasteiger partial charge in [-0.05, 0) is 41.5 Å². The van der Waals surface area contributed by atoms with Gasteiger partial charge in [0.25, 0.3) is 0 Å². The van der Waals surface area contributed by atoms with Gasteiger partial charge >= 0.3 is 0 Å². The molecule has 0 aliphatic rings. The smallest absolute Gasteiger partial charge is 0.236 e. The molecule has 178 valence electrons. The van der Waals surface area contributed by atoms with E-state index in [1.807, 2.05) is 78.9 Å². The van der Waals surface area contributed by atoms with E-state index in [2.05, 4.69) is 5.32 Å². The quantitative estimate of drug-likeness (QED) is 0.244. The fraction of sp³-hybridized carbons (Fsp3) is 0.0667. The van der Waals surface area contributed by atoms with Crippen LogP contribution in [0.3, 0.4) is 0 Å². The first-order valence-electron chi connectivity index (χ1n) is 11.4. The van der Waals surface area contributed by atoms with Gasteiger partial charge in [-0.15, -0.1) is 0 Å². The van der Waals surface area contributed by atoms with Crippen molar-refractivity contribution in [2.24, 2.45) is 0 Å². The van der Waals surface area contributed by atoms with E-state index in [0.29, 0.717) is 33.0 Å². The minimum absolute atomic E-state index is 0.0330. The Morgan fingerprint density at radius 1 is 0.833 bits per heavy atom. The molecule has 0 aliphatic heterocycles. The van der Waals surface area contributed by atoms with Gasteiger partial charge in [-0.25, -0.2) is 0 Å². The van der Waals surface area contributed by atoms with Crippen LogP contribution in [-0.4, -0.2) is 18.8 Å². The van der Waals surface area contributed by atoms with Crippen molar-refractivity contribution in [3.05, 3.63) is 131 Å². The van der Waals surface area contributed by atoms with Gasteiger partial charge in [-0.3, -0.25) is 9.59 Å². The molecule has 0 unspecified atom stereocenters. The molecule has 1 heterocycles. The second-order valence-corrected chi connectivity index (χ2v) is 8.63. The van der Waals surface area contributed by atoms with Crippen molar-refractivity contribution in [2.75, 3.05) is 12.4 Å². The molecule has 0 radical (unpaired) electrons. The van der Waals surface area contributed by atoms with Crippen LogP contribution in [0.4, 0.5) is 5.69 Å². The van der Waals surface area contributed by atoms with Crippen molar-refractivity contribution in [3.63, 3.8) is 0 Å². The summed E-state index contributed by atoms with van der Waals surface area (Å²) in [5.41, 5.74) is 2.81. The molecule has 0 fully saturated rings. The van der Waals surface area contributed by atoms with Crippen LogP contribution in [0, 0.1) is 0 Å². The highest BCUT2D eigenvalue weighted by Crippen LogP contribution is 2.35. The fourth-order valence-electron chi connectivity index (χ4n) is 4.25. The Hall–Kier alpha value is -4.35. The molecule has 5 nitrogen and oxygen atoms in total. The first kappa shape index (κ1) is 23.4. The average molecular weight is 496 g/mol. The minimum atomic E-state index is -0.584. The highest BCUT2D eigenvalue weighted by Gasteiger charge is 2.28. The predicted octanol–water partition coefficient (Wildman–Crippen LogP) is 7.10. The summed E-state index contributed by atoms with van der Waals surface area (Å²) in [6, 6.07) is 31.0. The molecule has 1 N–H and O–H groups in total. The molecule has 0 bridgehead atoms. The predicted molar refractivity (Wildman–Crippen MR) is 141 cm³/mol. The molecule has 1 amide bonds. The maximum absolute atomic E-state index is 13.8. The molecule has 5 aromatic rings. The summed E-state index contributed by atoms with van der Waals surface area (Å²) < 4.78 is 11.2. The van der Waals surface area contributed by atoms with Crippen LogP contribution in [0.5, 0.6) is 5.75 Å². The van der Waals surface area contributed by atoms with Gasteiger partial charge in [0, 0.05) is 10.9 Å². The second kappa shape index (κ2) is 10.1. The number of ketones is 1. The van der Waals surface area contributed by atoms with Crippen molar-refractivity contribution in [1.82, 2.24) is 0 Å². The van der Waals surface area contributed by atoms with Crippen LogP contribution in [0.2, 0.25) is 5.02 Å². The van der Waals surface area contributed by atoms with Crippen molar-refractivity contribution in [2.45, 2.75) is 5.92 Å². The lowest BCUT2D eigenvalue weighted by Gasteiger charge is -2.18. The molecule has 4 aromatic carbocycles. The number of carbonyl (C=O) groups excluding carboxylic acids is 2. The third-order valence-corrected chi connectivity index (χ3v) is 6.29. The van der Waals surface area contributed by atoms with Crippen molar-refractivity contribution >= 4 is 39.9 Å². The van der Waals surface area contributed by atoms with E-state index in [4.69, 9.17) is 20.8 Å². The van der Waals surface area contributed by atoms with Crippen LogP contribution in [0.15, 0.2) is 108 Å². The lowest BCUT2D eigenvalue weighted by Crippen LogP contribution is -2.23. The van der Waals surface area contributed by atoms with E-state index in [1.165, 1.54) is 13.2 Å². The molecule has 0 spiro atoms. The van der Waals surface area contributed by atoms with Gasteiger partial charge < -0.3 is 14.5 Å². The molecular weight excluding hydrogens is 474 g/mol. The van der Waals surface area contributed by atoms with Crippen LogP contribution >= 0.6 is 11.6 Å². The zero-order valence-electron chi connectivity index (χ0n) is 19.4. The summed E-state index contributed by atoms with van der Waals surface area (Å²) in [6.45, 7) is 0. The van der Waals surface area contributed by atoms with E-state index in [1.54, 1.807) is 18.2 Å². The summed E-state index contributed by atoms with van der Waals surface area (Å²) in [7, 11) is 1.51. The lowest BCUT2D eigenvalue weighted by molar-refractivity contribution is -0.116. The number of nitrogens with one attached hydrogen (secondary N) is 1. The summed E-state index contributed by atoms with van der Waals surface area (Å²) in [5.74, 6) is -0.771. The normalized spacial score (nSPS) is 11.0. The zero-order chi connectivity index (χ0) is 25.1. The number of para-hydroxylation sites is 1. The zero-order valence-corrected chi connectivity index (χ0v) is 20.2. The van der Waals surface area contributed by atoms with E-state index >= 15 is 0 Å². The number of furan rings is 1. The Morgan fingerprint density at radius 2 is 1.44 bits per heavy atom. The molecule has 0 atom stereocenters. The number of benzene rings is 4. The maximum atomic E-state index is 13.8. The van der Waals surface area contributed by atoms with Gasteiger partial charge in [0.15, 0.2) is 5.76 Å². The van der Waals surface area contributed by atoms with Crippen molar-refractivity contribution in [3.8, 4) is 5.75 Å². The molecular formula is C30H22ClNO4. The van der Waals surface area contributed by atoms with Gasteiger partial charge in [-0.2, -0.15) is 0 Å². The van der Waals surface area contributed by atoms with E-state index in [-0.39, 0.29) is 11.7 Å². The van der Waals surface area contributed by atoms with Crippen LogP contribution in [0.1, 0.15) is 33.2 Å². The number of carbonyl (C=O) groups is 2. The second-order valence-electron chi connectivity index (χ2n) is 8.22. The molecule has 1 aromatic heterocycles. The maximum Gasteiger partial charge on any atom is 0.236 e. The van der Waals surface area contributed by atoms with Gasteiger partial charge in [0.1, 0.15) is 11.3 Å². The highest BCUT2D eigenvalue weighted by atomic mass is 35.5. The van der Waals surface area contributed by atoms with Crippen LogP contribution in [-0.2, 0) is 4.79 Å². The number of rotatable bonds is 7. The van der Waals surface area contributed by atoms with E-state index in [9.17, 15) is 9.59 Å². The number of hydrogen-bond donors (Lipinski definition) is 1. The fourth-order valence-corrected chi connectivity index (χ4v) is 4.51. The first-order chi connectivity index (χ1) is 17.6. The highest BCUT2D eigenvalue weighted by molar-refractivity contribution is 6.32. The number of methoxy groups -OCH3 is 1. The molecule has 6 heteroatoms. The Labute approximate surface area is 213 Å². The number of halogens is 1. The topological polar surface area (TPSA) is 68.5 Å². The van der Waals surface area contributed by atoms with Gasteiger partial charge in [0.2, 0.25) is 11.7 Å². The van der Waals surface area contributed by atoms with Crippen LogP contribution in [0.25, 0.3) is 11.0 Å². The Balaban J connectivity index is 1.58. The number of hydrogen-bond acceptors (Lipinski definition) is 4.